The molecule has 1 aromatic carbocycles. The second-order valence-electron chi connectivity index (χ2n) is 4.87. The molecule has 0 amide bonds. The fourth-order valence-electron chi connectivity index (χ4n) is 2.07. The molecule has 1 heterocycles. The SMILES string of the molecule is CC(C)C(CN)c1ncc(-c2cccc(F)c2F)[nH]1. The highest BCUT2D eigenvalue weighted by atomic mass is 19.2. The van der Waals surface area contributed by atoms with E-state index in [0.29, 0.717) is 24.0 Å². The molecule has 0 aliphatic carbocycles. The fraction of sp³-hybridized carbons (Fsp3) is 0.357. The van der Waals surface area contributed by atoms with Crippen molar-refractivity contribution in [2.24, 2.45) is 11.7 Å². The van der Waals surface area contributed by atoms with Gasteiger partial charge in [0.2, 0.25) is 0 Å². The van der Waals surface area contributed by atoms with E-state index in [1.54, 1.807) is 0 Å². The standard InChI is InChI=1S/C14H17F2N3/c1-8(2)10(6-17)14-18-7-12(19-14)9-4-3-5-11(15)13(9)16/h3-5,7-8,10H,6,17H2,1-2H3,(H,18,19). The van der Waals surface area contributed by atoms with Gasteiger partial charge in [0.05, 0.1) is 11.9 Å². The van der Waals surface area contributed by atoms with E-state index in [0.717, 1.165) is 6.07 Å². The Bertz CT molecular complexity index is 564. The summed E-state index contributed by atoms with van der Waals surface area (Å²) in [5, 5.41) is 0. The molecule has 2 rings (SSSR count). The van der Waals surface area contributed by atoms with Crippen LogP contribution in [0.3, 0.4) is 0 Å². The van der Waals surface area contributed by atoms with Crippen LogP contribution < -0.4 is 5.73 Å². The number of nitrogens with zero attached hydrogens (tertiary/aromatic N) is 1. The number of nitrogens with two attached hydrogens (primary N) is 1. The number of nitrogens with one attached hydrogen (secondary N) is 1. The Hall–Kier alpha value is -1.75. The number of hydrogen-bond acceptors (Lipinski definition) is 2. The van der Waals surface area contributed by atoms with Crippen LogP contribution in [0.25, 0.3) is 11.3 Å². The van der Waals surface area contributed by atoms with Crippen molar-refractivity contribution in [3.8, 4) is 11.3 Å². The van der Waals surface area contributed by atoms with Gasteiger partial charge in [0.1, 0.15) is 5.82 Å². The number of aromatic nitrogens is 2. The molecule has 0 bridgehead atoms. The molecule has 2 aromatic rings. The first kappa shape index (κ1) is 13.7. The fourth-order valence-corrected chi connectivity index (χ4v) is 2.07. The van der Waals surface area contributed by atoms with E-state index in [-0.39, 0.29) is 11.5 Å². The molecule has 0 saturated carbocycles. The van der Waals surface area contributed by atoms with Gasteiger partial charge in [-0.3, -0.25) is 0 Å². The van der Waals surface area contributed by atoms with Gasteiger partial charge < -0.3 is 10.7 Å². The zero-order valence-electron chi connectivity index (χ0n) is 11.0. The van der Waals surface area contributed by atoms with Crippen LogP contribution in [0.15, 0.2) is 24.4 Å². The predicted molar refractivity (Wildman–Crippen MR) is 70.6 cm³/mol. The molecule has 3 N–H and O–H groups in total. The number of rotatable bonds is 4. The number of halogens is 2. The van der Waals surface area contributed by atoms with E-state index < -0.39 is 11.6 Å². The summed E-state index contributed by atoms with van der Waals surface area (Å²) in [6.07, 6.45) is 1.51. The number of H-pyrrole nitrogens is 1. The molecule has 1 unspecified atom stereocenters. The van der Waals surface area contributed by atoms with E-state index in [9.17, 15) is 8.78 Å². The highest BCUT2D eigenvalue weighted by Gasteiger charge is 2.19. The summed E-state index contributed by atoms with van der Waals surface area (Å²) < 4.78 is 26.9. The smallest absolute Gasteiger partial charge is 0.168 e. The Labute approximate surface area is 110 Å². The number of benzene rings is 1. The average molecular weight is 265 g/mol. The summed E-state index contributed by atoms with van der Waals surface area (Å²) in [4.78, 5) is 7.26. The first-order valence-electron chi connectivity index (χ1n) is 6.24. The summed E-state index contributed by atoms with van der Waals surface area (Å²) in [7, 11) is 0. The summed E-state index contributed by atoms with van der Waals surface area (Å²) in [5.74, 6) is -0.637. The molecule has 102 valence electrons. The van der Waals surface area contributed by atoms with Crippen molar-refractivity contribution in [3.63, 3.8) is 0 Å². The summed E-state index contributed by atoms with van der Waals surface area (Å²) >= 11 is 0. The normalized spacial score (nSPS) is 12.9. The van der Waals surface area contributed by atoms with Crippen LogP contribution in [0.5, 0.6) is 0 Å². The minimum atomic E-state index is -0.869. The molecule has 1 atom stereocenters. The second-order valence-corrected chi connectivity index (χ2v) is 4.87. The zero-order valence-corrected chi connectivity index (χ0v) is 11.0. The van der Waals surface area contributed by atoms with Crippen molar-refractivity contribution < 1.29 is 8.78 Å². The van der Waals surface area contributed by atoms with Crippen LogP contribution in [-0.2, 0) is 0 Å². The summed E-state index contributed by atoms with van der Waals surface area (Å²) in [5.41, 5.74) is 6.36. The molecular formula is C14H17F2N3. The molecule has 3 nitrogen and oxygen atoms in total. The topological polar surface area (TPSA) is 54.7 Å². The van der Waals surface area contributed by atoms with Crippen LogP contribution in [0.1, 0.15) is 25.6 Å². The Balaban J connectivity index is 2.38. The third-order valence-corrected chi connectivity index (χ3v) is 3.25. The molecular weight excluding hydrogens is 248 g/mol. The van der Waals surface area contributed by atoms with Crippen molar-refractivity contribution in [3.05, 3.63) is 41.9 Å². The maximum absolute atomic E-state index is 13.7. The molecule has 0 fully saturated rings. The van der Waals surface area contributed by atoms with Gasteiger partial charge in [0.15, 0.2) is 11.6 Å². The zero-order chi connectivity index (χ0) is 14.0. The second kappa shape index (κ2) is 5.48. The van der Waals surface area contributed by atoms with Gasteiger partial charge in [-0.1, -0.05) is 19.9 Å². The molecule has 5 heteroatoms. The highest BCUT2D eigenvalue weighted by Crippen LogP contribution is 2.26. The minimum absolute atomic E-state index is 0.0744. The molecule has 0 aliphatic heterocycles. The van der Waals surface area contributed by atoms with Crippen LogP contribution in [-0.4, -0.2) is 16.5 Å². The van der Waals surface area contributed by atoms with E-state index in [1.165, 1.54) is 18.3 Å². The number of imidazole rings is 1. The molecule has 0 saturated heterocycles. The molecule has 1 aromatic heterocycles. The van der Waals surface area contributed by atoms with E-state index in [4.69, 9.17) is 5.73 Å². The van der Waals surface area contributed by atoms with E-state index >= 15 is 0 Å². The van der Waals surface area contributed by atoms with Gasteiger partial charge >= 0.3 is 0 Å². The monoisotopic (exact) mass is 265 g/mol. The third kappa shape index (κ3) is 2.66. The third-order valence-electron chi connectivity index (χ3n) is 3.25. The van der Waals surface area contributed by atoms with Crippen molar-refractivity contribution in [2.75, 3.05) is 6.54 Å². The Morgan fingerprint density at radius 2 is 2.05 bits per heavy atom. The molecule has 0 spiro atoms. The van der Waals surface area contributed by atoms with Gasteiger partial charge in [-0.05, 0) is 18.1 Å². The Kier molecular flexibility index (Phi) is 3.95. The van der Waals surface area contributed by atoms with Gasteiger partial charge in [-0.25, -0.2) is 13.8 Å². The average Bonchev–Trinajstić information content (AvgIpc) is 2.82. The summed E-state index contributed by atoms with van der Waals surface area (Å²) in [6.45, 7) is 4.54. The lowest BCUT2D eigenvalue weighted by molar-refractivity contribution is 0.487. The summed E-state index contributed by atoms with van der Waals surface area (Å²) in [6, 6.07) is 4.08. The molecule has 19 heavy (non-hydrogen) atoms. The van der Waals surface area contributed by atoms with Crippen molar-refractivity contribution in [1.29, 1.82) is 0 Å². The van der Waals surface area contributed by atoms with Crippen molar-refractivity contribution >= 4 is 0 Å². The van der Waals surface area contributed by atoms with Gasteiger partial charge in [-0.15, -0.1) is 0 Å². The minimum Gasteiger partial charge on any atom is -0.342 e. The van der Waals surface area contributed by atoms with Crippen molar-refractivity contribution in [2.45, 2.75) is 19.8 Å². The maximum atomic E-state index is 13.7. The maximum Gasteiger partial charge on any atom is 0.168 e. The number of hydrogen-bond donors (Lipinski definition) is 2. The quantitative estimate of drug-likeness (QED) is 0.892. The van der Waals surface area contributed by atoms with Gasteiger partial charge in [0, 0.05) is 18.0 Å². The first-order valence-corrected chi connectivity index (χ1v) is 6.24. The lowest BCUT2D eigenvalue weighted by Crippen LogP contribution is -2.19. The van der Waals surface area contributed by atoms with Crippen LogP contribution >= 0.6 is 0 Å². The highest BCUT2D eigenvalue weighted by molar-refractivity contribution is 5.59. The van der Waals surface area contributed by atoms with E-state index in [1.807, 2.05) is 13.8 Å². The van der Waals surface area contributed by atoms with Crippen LogP contribution in [0, 0.1) is 17.6 Å². The Morgan fingerprint density at radius 3 is 2.68 bits per heavy atom. The van der Waals surface area contributed by atoms with Gasteiger partial charge in [0.25, 0.3) is 0 Å². The first-order chi connectivity index (χ1) is 9.04. The predicted octanol–water partition coefficient (Wildman–Crippen LogP) is 3.05. The molecule has 0 radical (unpaired) electrons. The lowest BCUT2D eigenvalue weighted by atomic mass is 9.95. The number of aromatic amines is 1. The van der Waals surface area contributed by atoms with Crippen LogP contribution in [0.2, 0.25) is 0 Å². The van der Waals surface area contributed by atoms with Gasteiger partial charge in [-0.2, -0.15) is 0 Å². The lowest BCUT2D eigenvalue weighted by Gasteiger charge is -2.15. The van der Waals surface area contributed by atoms with Crippen LogP contribution in [0.4, 0.5) is 8.78 Å². The Morgan fingerprint density at radius 1 is 1.32 bits per heavy atom. The van der Waals surface area contributed by atoms with Crippen molar-refractivity contribution in [1.82, 2.24) is 9.97 Å². The largest absolute Gasteiger partial charge is 0.342 e. The molecule has 0 aliphatic rings. The van der Waals surface area contributed by atoms with E-state index in [2.05, 4.69) is 9.97 Å².